The smallest absolute Gasteiger partial charge is 0.164 e. The summed E-state index contributed by atoms with van der Waals surface area (Å²) in [6.07, 6.45) is 7.48. The Bertz CT molecular complexity index is 7030. The van der Waals surface area contributed by atoms with E-state index in [2.05, 4.69) is 307 Å². The van der Waals surface area contributed by atoms with Crippen LogP contribution in [0.1, 0.15) is 0 Å². The number of aromatic nitrogens is 10. The summed E-state index contributed by atoms with van der Waals surface area (Å²) in [6.45, 7) is 0. The van der Waals surface area contributed by atoms with Crippen LogP contribution in [0.5, 0.6) is 0 Å². The van der Waals surface area contributed by atoms with E-state index in [4.69, 9.17) is 39.9 Å². The van der Waals surface area contributed by atoms with Crippen molar-refractivity contribution in [2.24, 2.45) is 0 Å². The largest absolute Gasteiger partial charge is 0.264 e. The minimum absolute atomic E-state index is 0.629. The molecule has 10 nitrogen and oxygen atoms in total. The van der Waals surface area contributed by atoms with E-state index in [1.807, 2.05) is 104 Å². The van der Waals surface area contributed by atoms with Crippen LogP contribution in [0.25, 0.3) is 220 Å². The van der Waals surface area contributed by atoms with Gasteiger partial charge in [-0.1, -0.05) is 340 Å². The predicted octanol–water partition coefficient (Wildman–Crippen LogP) is 27.7. The van der Waals surface area contributed by atoms with E-state index in [-0.39, 0.29) is 0 Å². The lowest BCUT2D eigenvalue weighted by molar-refractivity contribution is 1.07. The summed E-state index contributed by atoms with van der Waals surface area (Å²) >= 11 is 3.60. The van der Waals surface area contributed by atoms with Crippen molar-refractivity contribution in [3.63, 3.8) is 0 Å². The molecule has 8 aromatic heterocycles. The van der Waals surface area contributed by atoms with E-state index >= 15 is 0 Å². The molecule has 8 heterocycles. The van der Waals surface area contributed by atoms with Gasteiger partial charge in [-0.2, -0.15) is 0 Å². The van der Waals surface area contributed by atoms with Crippen LogP contribution in [-0.2, 0) is 0 Å². The highest BCUT2D eigenvalue weighted by atomic mass is 32.1. The van der Waals surface area contributed by atoms with Crippen molar-refractivity contribution in [3.8, 4) is 158 Å². The van der Waals surface area contributed by atoms with E-state index in [9.17, 15) is 0 Å². The molecule has 0 aliphatic heterocycles. The van der Waals surface area contributed by atoms with Gasteiger partial charge in [0.25, 0.3) is 0 Å². The number of nitrogens with zero attached hydrogens (tertiary/aromatic N) is 10. The summed E-state index contributed by atoms with van der Waals surface area (Å²) in [5.74, 6) is 3.81. The van der Waals surface area contributed by atoms with Crippen molar-refractivity contribution in [2.75, 3.05) is 0 Å². The third-order valence-corrected chi connectivity index (χ3v) is 24.1. The van der Waals surface area contributed by atoms with Gasteiger partial charge in [0, 0.05) is 105 Å². The Labute approximate surface area is 688 Å². The van der Waals surface area contributed by atoms with Crippen molar-refractivity contribution in [2.45, 2.75) is 0 Å². The first-order valence-electron chi connectivity index (χ1n) is 39.1. The van der Waals surface area contributed by atoms with Crippen LogP contribution in [0.4, 0.5) is 0 Å². The van der Waals surface area contributed by atoms with Crippen LogP contribution in [0.3, 0.4) is 0 Å². The monoisotopic (exact) mass is 1540 g/mol. The zero-order valence-electron chi connectivity index (χ0n) is 63.4. The molecule has 0 saturated heterocycles. The highest BCUT2D eigenvalue weighted by molar-refractivity contribution is 7.27. The van der Waals surface area contributed by atoms with Gasteiger partial charge in [0.05, 0.1) is 38.0 Å². The second-order valence-electron chi connectivity index (χ2n) is 29.0. The van der Waals surface area contributed by atoms with Gasteiger partial charge in [0.2, 0.25) is 0 Å². The molecule has 0 aliphatic rings. The molecule has 22 aromatic rings. The van der Waals surface area contributed by atoms with Crippen LogP contribution in [-0.4, -0.2) is 49.8 Å². The third kappa shape index (κ3) is 13.9. The molecule has 0 fully saturated rings. The van der Waals surface area contributed by atoms with Crippen molar-refractivity contribution < 1.29 is 0 Å². The minimum atomic E-state index is 0.629. The zero-order chi connectivity index (χ0) is 78.2. The molecule has 0 amide bonds. The Morgan fingerprint density at radius 2 is 0.441 bits per heavy atom. The van der Waals surface area contributed by atoms with Gasteiger partial charge in [0.1, 0.15) is 0 Å². The van der Waals surface area contributed by atoms with E-state index in [1.54, 1.807) is 22.7 Å². The SMILES string of the molecule is c1ccc(-c2ccc(-c3nc(-c4ccccc4)nc(-c4cccc(-c5ccc(-c6ccc(-c7nc8ccncc8c8c7sc7ccccc78)cc6)cc5)c4)n3)cc2)cc1.c1ccc(-c2ccc(-c3nc(-c4ccccc4)nc(-c4cccc(-c5ccc(-c6ccc(-c7nc8cnccc8c8c7sc7ccccc78)cc6)cc5)c4)n3)cc2)cc1. The maximum absolute atomic E-state index is 5.16. The fourth-order valence-corrected chi connectivity index (χ4v) is 18.1. The summed E-state index contributed by atoms with van der Waals surface area (Å²) in [5, 5.41) is 7.21. The van der Waals surface area contributed by atoms with E-state index in [0.717, 1.165) is 133 Å². The van der Waals surface area contributed by atoms with Gasteiger partial charge >= 0.3 is 0 Å². The van der Waals surface area contributed by atoms with Gasteiger partial charge in [-0.25, -0.2) is 39.9 Å². The fraction of sp³-hybridized carbons (Fsp3) is 0. The molecule has 0 radical (unpaired) electrons. The summed E-state index contributed by atoms with van der Waals surface area (Å²) in [4.78, 5) is 49.1. The summed E-state index contributed by atoms with van der Waals surface area (Å²) in [6, 6.07) is 131. The average Bonchev–Trinajstić information content (AvgIpc) is 1.58. The number of hydrogen-bond donors (Lipinski definition) is 0. The van der Waals surface area contributed by atoms with Crippen molar-refractivity contribution in [1.29, 1.82) is 0 Å². The normalized spacial score (nSPS) is 11.4. The second kappa shape index (κ2) is 30.9. The Hall–Kier alpha value is -15.3. The lowest BCUT2D eigenvalue weighted by atomic mass is 9.97. The fourth-order valence-electron chi connectivity index (χ4n) is 15.7. The van der Waals surface area contributed by atoms with E-state index < -0.39 is 0 Å². The number of pyridine rings is 4. The Kier molecular flexibility index (Phi) is 18.4. The lowest BCUT2D eigenvalue weighted by Gasteiger charge is -2.11. The van der Waals surface area contributed by atoms with Gasteiger partial charge in [0.15, 0.2) is 34.9 Å². The quantitative estimate of drug-likeness (QED) is 0.104. The lowest BCUT2D eigenvalue weighted by Crippen LogP contribution is -2.00. The third-order valence-electron chi connectivity index (χ3n) is 21.7. The van der Waals surface area contributed by atoms with Crippen LogP contribution >= 0.6 is 22.7 Å². The van der Waals surface area contributed by atoms with Gasteiger partial charge < -0.3 is 0 Å². The zero-order valence-corrected chi connectivity index (χ0v) is 65.0. The van der Waals surface area contributed by atoms with Crippen LogP contribution in [0.15, 0.2) is 401 Å². The second-order valence-corrected chi connectivity index (χ2v) is 31.1. The molecule has 12 heteroatoms. The molecule has 0 saturated carbocycles. The molecule has 14 aromatic carbocycles. The number of thiophene rings is 2. The predicted molar refractivity (Wildman–Crippen MR) is 488 cm³/mol. The standard InChI is InChI=1S/2C53H33N5S/c1-3-10-34(11-4-1)35-24-28-41(29-25-35)52-56-51(40-12-5-2-6-13-40)57-53(58-52)43-15-9-14-42(32-43)38-20-18-36(19-21-38)37-22-26-39(27-23-37)49-50-48(44-30-31-54-33-46(44)55-49)45-16-7-8-17-47(45)59-50;1-3-10-34(11-4-1)35-24-28-41(29-25-35)52-56-51(40-12-5-2-6-13-40)57-53(58-52)43-15-9-14-42(32-43)38-20-18-36(19-21-38)37-22-26-39(27-23-37)49-50-48(44-16-7-8-17-47(44)59-50)45-33-54-31-30-46(45)55-49/h2*1-33H. The maximum atomic E-state index is 5.16. The Morgan fingerprint density at radius 1 is 0.169 bits per heavy atom. The summed E-state index contributed by atoms with van der Waals surface area (Å²) < 4.78 is 4.90. The molecule has 0 aliphatic carbocycles. The number of benzene rings is 14. The molecule has 22 rings (SSSR count). The van der Waals surface area contributed by atoms with Gasteiger partial charge in [-0.15, -0.1) is 22.7 Å². The number of hydrogen-bond acceptors (Lipinski definition) is 12. The van der Waals surface area contributed by atoms with Crippen LogP contribution < -0.4 is 0 Å². The highest BCUT2D eigenvalue weighted by Crippen LogP contribution is 2.46. The first-order valence-corrected chi connectivity index (χ1v) is 40.7. The Morgan fingerprint density at radius 3 is 0.839 bits per heavy atom. The molecule has 118 heavy (non-hydrogen) atoms. The molecular weight excluding hydrogens is 1480 g/mol. The van der Waals surface area contributed by atoms with Crippen molar-refractivity contribution in [3.05, 3.63) is 401 Å². The van der Waals surface area contributed by atoms with Gasteiger partial charge in [-0.3, -0.25) is 9.97 Å². The maximum Gasteiger partial charge on any atom is 0.164 e. The number of fused-ring (bicyclic) bond motifs is 10. The average molecular weight is 1540 g/mol. The molecule has 0 unspecified atom stereocenters. The van der Waals surface area contributed by atoms with E-state index in [1.165, 1.54) is 51.5 Å². The molecule has 552 valence electrons. The van der Waals surface area contributed by atoms with Gasteiger partial charge in [-0.05, 0) is 103 Å². The Balaban J connectivity index is 0.000000147. The molecule has 0 atom stereocenters. The van der Waals surface area contributed by atoms with Crippen molar-refractivity contribution >= 4 is 84.8 Å². The van der Waals surface area contributed by atoms with E-state index in [0.29, 0.717) is 34.9 Å². The summed E-state index contributed by atoms with van der Waals surface area (Å²) in [7, 11) is 0. The van der Waals surface area contributed by atoms with Crippen LogP contribution in [0.2, 0.25) is 0 Å². The molecule has 0 N–H and O–H groups in total. The van der Waals surface area contributed by atoms with Crippen LogP contribution in [0, 0.1) is 0 Å². The van der Waals surface area contributed by atoms with Crippen molar-refractivity contribution in [1.82, 2.24) is 49.8 Å². The topological polar surface area (TPSA) is 129 Å². The molecular formula is C106H66N10S2. The number of rotatable bonds is 14. The highest BCUT2D eigenvalue weighted by Gasteiger charge is 2.21. The molecule has 0 spiro atoms. The minimum Gasteiger partial charge on any atom is -0.264 e. The first kappa shape index (κ1) is 70.5. The first-order chi connectivity index (χ1) is 58.4. The molecule has 0 bridgehead atoms. The summed E-state index contributed by atoms with van der Waals surface area (Å²) in [5.41, 5.74) is 25.3.